The van der Waals surface area contributed by atoms with Gasteiger partial charge in [0.15, 0.2) is 5.16 Å². The smallest absolute Gasteiger partial charge is 0.263 e. The predicted molar refractivity (Wildman–Crippen MR) is 127 cm³/mol. The third-order valence-electron chi connectivity index (χ3n) is 6.20. The molecule has 1 aromatic carbocycles. The summed E-state index contributed by atoms with van der Waals surface area (Å²) in [6.07, 6.45) is 5.53. The van der Waals surface area contributed by atoms with Crippen LogP contribution in [0.1, 0.15) is 28.2 Å². The molecule has 0 saturated carbocycles. The van der Waals surface area contributed by atoms with Crippen LogP contribution in [0.5, 0.6) is 0 Å². The molecule has 6 rings (SSSR count). The third kappa shape index (κ3) is 3.29. The Morgan fingerprint density at radius 1 is 1.16 bits per heavy atom. The van der Waals surface area contributed by atoms with Crippen LogP contribution in [0.15, 0.2) is 57.0 Å². The molecule has 0 saturated heterocycles. The van der Waals surface area contributed by atoms with Crippen LogP contribution in [0.2, 0.25) is 0 Å². The number of nitrogens with zero attached hydrogens (tertiary/aromatic N) is 3. The molecule has 8 heteroatoms. The summed E-state index contributed by atoms with van der Waals surface area (Å²) in [4.78, 5) is 35.4. The summed E-state index contributed by atoms with van der Waals surface area (Å²) in [5, 5.41) is 1.32. The third-order valence-corrected chi connectivity index (χ3v) is 8.34. The van der Waals surface area contributed by atoms with Gasteiger partial charge >= 0.3 is 0 Å². The van der Waals surface area contributed by atoms with Crippen molar-refractivity contribution in [3.63, 3.8) is 0 Å². The Morgan fingerprint density at radius 3 is 2.94 bits per heavy atom. The maximum atomic E-state index is 13.5. The molecular formula is C24H21N3O3S2. The van der Waals surface area contributed by atoms with Crippen molar-refractivity contribution in [3.05, 3.63) is 74.8 Å². The Morgan fingerprint density at radius 2 is 2.06 bits per heavy atom. The highest BCUT2D eigenvalue weighted by Gasteiger charge is 2.26. The van der Waals surface area contributed by atoms with E-state index in [4.69, 9.17) is 9.40 Å². The predicted octanol–water partition coefficient (Wildman–Crippen LogP) is 4.27. The molecule has 4 heterocycles. The Hall–Kier alpha value is -2.84. The van der Waals surface area contributed by atoms with Gasteiger partial charge in [-0.25, -0.2) is 4.98 Å². The molecule has 1 amide bonds. The lowest BCUT2D eigenvalue weighted by Gasteiger charge is -2.17. The zero-order chi connectivity index (χ0) is 21.7. The second-order valence-electron chi connectivity index (χ2n) is 8.12. The fraction of sp³-hybridized carbons (Fsp3) is 0.292. The number of benzene rings is 1. The highest BCUT2D eigenvalue weighted by molar-refractivity contribution is 7.99. The first-order valence-corrected chi connectivity index (χ1v) is 12.6. The lowest BCUT2D eigenvalue weighted by molar-refractivity contribution is -0.116. The summed E-state index contributed by atoms with van der Waals surface area (Å²) < 4.78 is 7.18. The van der Waals surface area contributed by atoms with E-state index >= 15 is 0 Å². The van der Waals surface area contributed by atoms with Crippen molar-refractivity contribution in [2.75, 3.05) is 17.2 Å². The van der Waals surface area contributed by atoms with Crippen molar-refractivity contribution in [3.8, 4) is 0 Å². The van der Waals surface area contributed by atoms with Gasteiger partial charge in [0.25, 0.3) is 5.56 Å². The second-order valence-corrected chi connectivity index (χ2v) is 10.1. The zero-order valence-corrected chi connectivity index (χ0v) is 19.0. The number of hydrogen-bond donors (Lipinski definition) is 0. The van der Waals surface area contributed by atoms with Crippen LogP contribution < -0.4 is 10.5 Å². The monoisotopic (exact) mass is 463 g/mol. The van der Waals surface area contributed by atoms with Gasteiger partial charge in [-0.1, -0.05) is 30.0 Å². The number of para-hydroxylation sites is 1. The number of aryl methyl sites for hydroxylation is 2. The van der Waals surface area contributed by atoms with Crippen LogP contribution in [0, 0.1) is 0 Å². The number of fused-ring (bicyclic) bond motifs is 4. The molecule has 0 spiro atoms. The van der Waals surface area contributed by atoms with Crippen LogP contribution in [0.3, 0.4) is 0 Å². The quantitative estimate of drug-likeness (QED) is 0.327. The minimum atomic E-state index is -0.0349. The van der Waals surface area contributed by atoms with E-state index in [9.17, 15) is 9.59 Å². The average Bonchev–Trinajstić information content (AvgIpc) is 3.58. The van der Waals surface area contributed by atoms with Gasteiger partial charge in [0.1, 0.15) is 10.6 Å². The molecule has 0 unspecified atom stereocenters. The molecule has 0 fully saturated rings. The minimum absolute atomic E-state index is 0.0347. The fourth-order valence-corrected chi connectivity index (χ4v) is 6.84. The minimum Gasteiger partial charge on any atom is -0.467 e. The normalized spacial score (nSPS) is 14.8. The summed E-state index contributed by atoms with van der Waals surface area (Å²) >= 11 is 2.96. The summed E-state index contributed by atoms with van der Waals surface area (Å²) in [6.45, 7) is 1.00. The van der Waals surface area contributed by atoms with Gasteiger partial charge in [-0.15, -0.1) is 11.3 Å². The molecule has 1 aliphatic carbocycles. The molecule has 1 aliphatic heterocycles. The number of carbonyl (C=O) groups excluding carboxylic acids is 1. The maximum absolute atomic E-state index is 13.5. The van der Waals surface area contributed by atoms with Crippen LogP contribution in [-0.4, -0.2) is 27.8 Å². The van der Waals surface area contributed by atoms with Gasteiger partial charge in [-0.2, -0.15) is 0 Å². The Kier molecular flexibility index (Phi) is 4.91. The van der Waals surface area contributed by atoms with Crippen molar-refractivity contribution in [2.45, 2.75) is 37.4 Å². The lowest BCUT2D eigenvalue weighted by atomic mass is 10.2. The van der Waals surface area contributed by atoms with Crippen molar-refractivity contribution < 1.29 is 9.21 Å². The van der Waals surface area contributed by atoms with Gasteiger partial charge in [0.2, 0.25) is 5.91 Å². The maximum Gasteiger partial charge on any atom is 0.263 e. The zero-order valence-electron chi connectivity index (χ0n) is 17.4. The molecule has 0 radical (unpaired) electrons. The Balaban J connectivity index is 1.34. The number of thiophene rings is 1. The van der Waals surface area contributed by atoms with E-state index in [2.05, 4.69) is 6.07 Å². The number of anilines is 1. The van der Waals surface area contributed by atoms with E-state index in [0.717, 1.165) is 47.2 Å². The van der Waals surface area contributed by atoms with E-state index in [1.807, 2.05) is 35.2 Å². The summed E-state index contributed by atoms with van der Waals surface area (Å²) in [6, 6.07) is 11.7. The van der Waals surface area contributed by atoms with E-state index in [0.29, 0.717) is 24.0 Å². The lowest BCUT2D eigenvalue weighted by Crippen LogP contribution is -2.31. The van der Waals surface area contributed by atoms with Gasteiger partial charge in [0, 0.05) is 17.1 Å². The van der Waals surface area contributed by atoms with E-state index in [1.54, 1.807) is 22.2 Å². The van der Waals surface area contributed by atoms with Crippen LogP contribution in [0.25, 0.3) is 10.2 Å². The molecule has 6 nitrogen and oxygen atoms in total. The van der Waals surface area contributed by atoms with Gasteiger partial charge in [-0.3, -0.25) is 14.2 Å². The highest BCUT2D eigenvalue weighted by atomic mass is 32.2. The molecule has 32 heavy (non-hydrogen) atoms. The molecule has 4 aromatic rings. The topological polar surface area (TPSA) is 68.3 Å². The number of amides is 1. The first kappa shape index (κ1) is 19.8. The summed E-state index contributed by atoms with van der Waals surface area (Å²) in [7, 11) is 0. The first-order valence-electron chi connectivity index (χ1n) is 10.8. The van der Waals surface area contributed by atoms with Crippen LogP contribution >= 0.6 is 23.1 Å². The molecule has 0 atom stereocenters. The standard InChI is InChI=1S/C24H21N3O3S2/c28-20(26-11-10-15-5-1-2-8-18(15)26)14-31-24-25-22-21(17-7-3-9-19(17)32-22)23(29)27(24)13-16-6-4-12-30-16/h1-2,4-6,8,12H,3,7,9-11,13-14H2. The molecular weight excluding hydrogens is 442 g/mol. The van der Waals surface area contributed by atoms with E-state index in [-0.39, 0.29) is 17.2 Å². The number of thioether (sulfide) groups is 1. The van der Waals surface area contributed by atoms with E-state index in [1.165, 1.54) is 22.2 Å². The Labute approximate surface area is 192 Å². The molecule has 3 aromatic heterocycles. The molecule has 0 bridgehead atoms. The number of carbonyl (C=O) groups is 1. The Bertz CT molecular complexity index is 1390. The average molecular weight is 464 g/mol. The van der Waals surface area contributed by atoms with Crippen molar-refractivity contribution in [1.82, 2.24) is 9.55 Å². The van der Waals surface area contributed by atoms with Crippen LogP contribution in [-0.2, 0) is 30.6 Å². The number of rotatable bonds is 5. The molecule has 2 aliphatic rings. The van der Waals surface area contributed by atoms with Gasteiger partial charge in [0.05, 0.1) is 23.9 Å². The molecule has 162 valence electrons. The number of hydrogen-bond acceptors (Lipinski definition) is 6. The first-order chi connectivity index (χ1) is 15.7. The number of furan rings is 1. The van der Waals surface area contributed by atoms with Crippen molar-refractivity contribution in [1.29, 1.82) is 0 Å². The van der Waals surface area contributed by atoms with Gasteiger partial charge in [-0.05, 0) is 55.0 Å². The number of aromatic nitrogens is 2. The second kappa shape index (κ2) is 7.94. The van der Waals surface area contributed by atoms with Crippen molar-refractivity contribution in [2.24, 2.45) is 0 Å². The summed E-state index contributed by atoms with van der Waals surface area (Å²) in [5.41, 5.74) is 3.32. The highest BCUT2D eigenvalue weighted by Crippen LogP contribution is 2.36. The van der Waals surface area contributed by atoms with E-state index < -0.39 is 0 Å². The largest absolute Gasteiger partial charge is 0.467 e. The summed E-state index contributed by atoms with van der Waals surface area (Å²) in [5.74, 6) is 0.962. The van der Waals surface area contributed by atoms with Crippen molar-refractivity contribution >= 4 is 44.9 Å². The van der Waals surface area contributed by atoms with Crippen LogP contribution in [0.4, 0.5) is 5.69 Å². The SMILES string of the molecule is O=C(CSc1nc2sc3c(c2c(=O)n1Cc1ccco1)CCC3)N1CCc2ccccc21. The molecule has 0 N–H and O–H groups in total. The van der Waals surface area contributed by atoms with Gasteiger partial charge < -0.3 is 9.32 Å². The fourth-order valence-electron chi connectivity index (χ4n) is 4.67.